The Labute approximate surface area is 169 Å². The fraction of sp³-hybridized carbons (Fsp3) is 0.476. The van der Waals surface area contributed by atoms with Crippen molar-refractivity contribution in [2.24, 2.45) is 0 Å². The first-order valence-corrected chi connectivity index (χ1v) is 9.93. The van der Waals surface area contributed by atoms with Crippen LogP contribution >= 0.6 is 0 Å². The lowest BCUT2D eigenvalue weighted by Crippen LogP contribution is -2.32. The summed E-state index contributed by atoms with van der Waals surface area (Å²) in [6.07, 6.45) is 6.62. The van der Waals surface area contributed by atoms with E-state index in [1.54, 1.807) is 18.9 Å². The zero-order valence-corrected chi connectivity index (χ0v) is 17.0. The third kappa shape index (κ3) is 3.54. The van der Waals surface area contributed by atoms with Gasteiger partial charge in [0, 0.05) is 11.3 Å². The molecule has 1 atom stereocenters. The lowest BCUT2D eigenvalue weighted by Gasteiger charge is -2.31. The fourth-order valence-electron chi connectivity index (χ4n) is 4.17. The second-order valence-electron chi connectivity index (χ2n) is 7.34. The van der Waals surface area contributed by atoms with Gasteiger partial charge in [-0.3, -0.25) is 0 Å². The van der Waals surface area contributed by atoms with Crippen molar-refractivity contribution in [3.63, 3.8) is 0 Å². The summed E-state index contributed by atoms with van der Waals surface area (Å²) in [4.78, 5) is 17.6. The minimum Gasteiger partial charge on any atom is -0.493 e. The van der Waals surface area contributed by atoms with Crippen molar-refractivity contribution in [2.75, 3.05) is 19.5 Å². The molecular weight excluding hydrogens is 372 g/mol. The molecule has 1 saturated carbocycles. The summed E-state index contributed by atoms with van der Waals surface area (Å²) in [5.74, 6) is 1.37. The van der Waals surface area contributed by atoms with Gasteiger partial charge in [-0.15, -0.1) is 0 Å². The van der Waals surface area contributed by atoms with Gasteiger partial charge in [-0.25, -0.2) is 9.48 Å². The number of ether oxygens (including phenoxy) is 3. The topological polar surface area (TPSA) is 87.5 Å². The smallest absolute Gasteiger partial charge is 0.338 e. The summed E-state index contributed by atoms with van der Waals surface area (Å²) in [5.41, 5.74) is 1.95. The minimum absolute atomic E-state index is 0.0402. The molecule has 1 aromatic carbocycles. The third-order valence-electron chi connectivity index (χ3n) is 5.57. The zero-order valence-electron chi connectivity index (χ0n) is 17.0. The summed E-state index contributed by atoms with van der Waals surface area (Å²) < 4.78 is 18.7. The predicted molar refractivity (Wildman–Crippen MR) is 107 cm³/mol. The zero-order chi connectivity index (χ0) is 20.4. The molecule has 2 aliphatic rings. The fourth-order valence-corrected chi connectivity index (χ4v) is 4.17. The molecule has 0 spiro atoms. The molecule has 2 aromatic rings. The molecule has 29 heavy (non-hydrogen) atoms. The number of nitrogens with one attached hydrogen (secondary N) is 1. The average Bonchev–Trinajstić information content (AvgIpc) is 3.20. The van der Waals surface area contributed by atoms with E-state index in [0.717, 1.165) is 31.2 Å². The van der Waals surface area contributed by atoms with Crippen LogP contribution in [0.5, 0.6) is 11.5 Å². The van der Waals surface area contributed by atoms with Crippen LogP contribution in [0.1, 0.15) is 50.6 Å². The Bertz CT molecular complexity index is 931. The van der Waals surface area contributed by atoms with Crippen LogP contribution in [0.3, 0.4) is 0 Å². The van der Waals surface area contributed by atoms with E-state index in [2.05, 4.69) is 15.4 Å². The molecule has 0 amide bonds. The second-order valence-corrected chi connectivity index (χ2v) is 7.34. The van der Waals surface area contributed by atoms with Crippen LogP contribution in [0, 0.1) is 0 Å². The summed E-state index contributed by atoms with van der Waals surface area (Å²) in [7, 11) is 3.17. The molecule has 1 fully saturated rings. The SMILES string of the molecule is COc1cccc([C@@H]2C(C(=O)OC3CCCCC3)=C(C)Nc3ncnn32)c1OC. The molecule has 4 rings (SSSR count). The standard InChI is InChI=1S/C21H26N4O4/c1-13-17(20(26)29-14-8-5-4-6-9-14)18(25-21(24-13)22-12-23-25)15-10-7-11-16(27-2)19(15)28-3/h7,10-12,14,18H,4-6,8-9H2,1-3H3,(H,22,23,24)/t18-/m1/s1. The number of fused-ring (bicyclic) bond motifs is 1. The molecule has 154 valence electrons. The molecule has 0 saturated heterocycles. The van der Waals surface area contributed by atoms with Gasteiger partial charge < -0.3 is 19.5 Å². The maximum absolute atomic E-state index is 13.3. The molecule has 0 radical (unpaired) electrons. The first-order chi connectivity index (χ1) is 14.1. The summed E-state index contributed by atoms with van der Waals surface area (Å²) in [5, 5.41) is 7.53. The Hall–Kier alpha value is -3.03. The lowest BCUT2D eigenvalue weighted by molar-refractivity contribution is -0.146. The minimum atomic E-state index is -0.533. The van der Waals surface area contributed by atoms with E-state index in [-0.39, 0.29) is 12.1 Å². The van der Waals surface area contributed by atoms with Gasteiger partial charge in [0.1, 0.15) is 18.5 Å². The number of aromatic nitrogens is 3. The van der Waals surface area contributed by atoms with Gasteiger partial charge in [0.05, 0.1) is 19.8 Å². The van der Waals surface area contributed by atoms with Gasteiger partial charge in [0.15, 0.2) is 11.5 Å². The number of methoxy groups -OCH3 is 2. The molecular formula is C21H26N4O4. The molecule has 2 heterocycles. The van der Waals surface area contributed by atoms with Crippen LogP contribution in [0.2, 0.25) is 0 Å². The molecule has 1 N–H and O–H groups in total. The second kappa shape index (κ2) is 8.14. The highest BCUT2D eigenvalue weighted by atomic mass is 16.5. The van der Waals surface area contributed by atoms with E-state index < -0.39 is 6.04 Å². The molecule has 0 unspecified atom stereocenters. The quantitative estimate of drug-likeness (QED) is 0.772. The number of allylic oxidation sites excluding steroid dienone is 1. The number of hydrogen-bond donors (Lipinski definition) is 1. The Morgan fingerprint density at radius 3 is 2.69 bits per heavy atom. The van der Waals surface area contributed by atoms with E-state index >= 15 is 0 Å². The largest absolute Gasteiger partial charge is 0.493 e. The third-order valence-corrected chi connectivity index (χ3v) is 5.57. The van der Waals surface area contributed by atoms with Gasteiger partial charge in [-0.2, -0.15) is 10.1 Å². The van der Waals surface area contributed by atoms with Crippen LogP contribution in [0.15, 0.2) is 35.8 Å². The normalized spacial score (nSPS) is 19.3. The number of benzene rings is 1. The van der Waals surface area contributed by atoms with Crippen molar-refractivity contribution in [2.45, 2.75) is 51.2 Å². The van der Waals surface area contributed by atoms with E-state index in [1.807, 2.05) is 25.1 Å². The van der Waals surface area contributed by atoms with Crippen molar-refractivity contribution in [3.05, 3.63) is 41.4 Å². The van der Waals surface area contributed by atoms with Crippen LogP contribution in [0.25, 0.3) is 0 Å². The van der Waals surface area contributed by atoms with E-state index in [9.17, 15) is 4.79 Å². The van der Waals surface area contributed by atoms with Crippen molar-refractivity contribution >= 4 is 11.9 Å². The number of hydrogen-bond acceptors (Lipinski definition) is 7. The summed E-state index contributed by atoms with van der Waals surface area (Å²) >= 11 is 0. The highest BCUT2D eigenvalue weighted by Crippen LogP contribution is 2.43. The number of carbonyl (C=O) groups excluding carboxylic acids is 1. The molecule has 0 bridgehead atoms. The monoisotopic (exact) mass is 398 g/mol. The van der Waals surface area contributed by atoms with Crippen LogP contribution in [-0.2, 0) is 9.53 Å². The molecule has 8 nitrogen and oxygen atoms in total. The number of rotatable bonds is 5. The molecule has 1 aromatic heterocycles. The molecule has 1 aliphatic heterocycles. The van der Waals surface area contributed by atoms with Crippen molar-refractivity contribution < 1.29 is 19.0 Å². The average molecular weight is 398 g/mol. The van der Waals surface area contributed by atoms with Gasteiger partial charge in [-0.05, 0) is 38.7 Å². The van der Waals surface area contributed by atoms with Crippen molar-refractivity contribution in [1.29, 1.82) is 0 Å². The van der Waals surface area contributed by atoms with Gasteiger partial charge in [0.2, 0.25) is 5.95 Å². The number of nitrogens with zero attached hydrogens (tertiary/aromatic N) is 3. The van der Waals surface area contributed by atoms with Gasteiger partial charge in [-0.1, -0.05) is 18.6 Å². The van der Waals surface area contributed by atoms with Gasteiger partial charge in [0.25, 0.3) is 0 Å². The highest BCUT2D eigenvalue weighted by Gasteiger charge is 2.37. The first-order valence-electron chi connectivity index (χ1n) is 9.93. The first kappa shape index (κ1) is 19.3. The van der Waals surface area contributed by atoms with Crippen LogP contribution < -0.4 is 14.8 Å². The van der Waals surface area contributed by atoms with Crippen LogP contribution in [0.4, 0.5) is 5.95 Å². The number of anilines is 1. The Morgan fingerprint density at radius 2 is 1.97 bits per heavy atom. The number of esters is 1. The van der Waals surface area contributed by atoms with Gasteiger partial charge >= 0.3 is 5.97 Å². The number of carbonyl (C=O) groups is 1. The molecule has 8 heteroatoms. The van der Waals surface area contributed by atoms with E-state index in [0.29, 0.717) is 28.7 Å². The Morgan fingerprint density at radius 1 is 1.17 bits per heavy atom. The maximum Gasteiger partial charge on any atom is 0.338 e. The molecule has 1 aliphatic carbocycles. The Balaban J connectivity index is 1.78. The summed E-state index contributed by atoms with van der Waals surface area (Å²) in [6.45, 7) is 1.86. The maximum atomic E-state index is 13.3. The van der Waals surface area contributed by atoms with E-state index in [4.69, 9.17) is 14.2 Å². The lowest BCUT2D eigenvalue weighted by atomic mass is 9.94. The van der Waals surface area contributed by atoms with Crippen molar-refractivity contribution in [1.82, 2.24) is 14.8 Å². The van der Waals surface area contributed by atoms with Crippen LogP contribution in [-0.4, -0.2) is 41.1 Å². The number of para-hydroxylation sites is 1. The van der Waals surface area contributed by atoms with Crippen molar-refractivity contribution in [3.8, 4) is 11.5 Å². The highest BCUT2D eigenvalue weighted by molar-refractivity contribution is 5.92. The predicted octanol–water partition coefficient (Wildman–Crippen LogP) is 3.46. The summed E-state index contributed by atoms with van der Waals surface area (Å²) in [6, 6.07) is 5.07. The van der Waals surface area contributed by atoms with E-state index in [1.165, 1.54) is 12.7 Å². The Kier molecular flexibility index (Phi) is 5.42.